The van der Waals surface area contributed by atoms with Crippen molar-refractivity contribution < 1.29 is 0 Å². The van der Waals surface area contributed by atoms with Crippen molar-refractivity contribution in [2.45, 2.75) is 19.3 Å². The van der Waals surface area contributed by atoms with Gasteiger partial charge in [0.2, 0.25) is 0 Å². The van der Waals surface area contributed by atoms with Gasteiger partial charge in [-0.3, -0.25) is 0 Å². The molecule has 0 fully saturated rings. The molecule has 218 valence electrons. The summed E-state index contributed by atoms with van der Waals surface area (Å²) in [6, 6.07) is 50.7. The maximum atomic E-state index is 4.43. The van der Waals surface area contributed by atoms with Crippen molar-refractivity contribution in [2.24, 2.45) is 0 Å². The minimum atomic E-state index is -0.0235. The summed E-state index contributed by atoms with van der Waals surface area (Å²) in [6.07, 6.45) is 3.56. The van der Waals surface area contributed by atoms with Crippen LogP contribution in [-0.2, 0) is 5.41 Å². The first-order valence-electron chi connectivity index (χ1n) is 15.8. The third-order valence-corrected chi connectivity index (χ3v) is 9.74. The second kappa shape index (κ2) is 10.1. The highest BCUT2D eigenvalue weighted by atomic mass is 15.0. The molecule has 0 radical (unpaired) electrons. The molecule has 0 saturated heterocycles. The number of rotatable bonds is 4. The van der Waals surface area contributed by atoms with E-state index < -0.39 is 0 Å². The average Bonchev–Trinajstić information content (AvgIpc) is 3.57. The number of para-hydroxylation sites is 1. The minimum absolute atomic E-state index is 0.0235. The molecule has 3 heteroatoms. The Morgan fingerprint density at radius 3 is 1.91 bits per heavy atom. The molecule has 0 saturated carbocycles. The van der Waals surface area contributed by atoms with Gasteiger partial charge >= 0.3 is 0 Å². The second-order valence-electron chi connectivity index (χ2n) is 12.7. The third-order valence-electron chi connectivity index (χ3n) is 9.74. The van der Waals surface area contributed by atoms with E-state index in [4.69, 9.17) is 0 Å². The zero-order valence-electron chi connectivity index (χ0n) is 25.8. The molecule has 8 aromatic rings. The number of fused-ring (bicyclic) bond motifs is 6. The summed E-state index contributed by atoms with van der Waals surface area (Å²) in [7, 11) is 0. The topological polar surface area (TPSA) is 30.7 Å². The summed E-state index contributed by atoms with van der Waals surface area (Å²) < 4.78 is 2.37. The van der Waals surface area contributed by atoms with Gasteiger partial charge in [-0.2, -0.15) is 0 Å². The fourth-order valence-corrected chi connectivity index (χ4v) is 7.40. The number of hydrogen-bond acceptors (Lipinski definition) is 2. The second-order valence-corrected chi connectivity index (χ2v) is 12.7. The van der Waals surface area contributed by atoms with Gasteiger partial charge in [0.05, 0.1) is 11.0 Å². The number of aromatic nitrogens is 3. The van der Waals surface area contributed by atoms with Crippen LogP contribution in [0.2, 0.25) is 0 Å². The van der Waals surface area contributed by atoms with Crippen molar-refractivity contribution >= 4 is 21.8 Å². The Hall–Kier alpha value is -5.80. The van der Waals surface area contributed by atoms with Crippen LogP contribution in [-0.4, -0.2) is 14.5 Å². The summed E-state index contributed by atoms with van der Waals surface area (Å²) in [5.41, 5.74) is 14.8. The molecule has 46 heavy (non-hydrogen) atoms. The SMILES string of the molecule is CC1(C)c2ccccc2-c2ccc(-c3cccc(-c4ccc5c6ccccc6n(-c6ccc(-c7ncccn7)cc6)c5c4)c3)cc21. The van der Waals surface area contributed by atoms with Gasteiger partial charge in [-0.1, -0.05) is 98.8 Å². The Kier molecular flexibility index (Phi) is 5.85. The fourth-order valence-electron chi connectivity index (χ4n) is 7.40. The van der Waals surface area contributed by atoms with E-state index in [0.29, 0.717) is 0 Å². The highest BCUT2D eigenvalue weighted by Crippen LogP contribution is 2.49. The molecule has 3 nitrogen and oxygen atoms in total. The van der Waals surface area contributed by atoms with Crippen LogP contribution in [0.3, 0.4) is 0 Å². The summed E-state index contributed by atoms with van der Waals surface area (Å²) in [5.74, 6) is 0.731. The van der Waals surface area contributed by atoms with Crippen molar-refractivity contribution in [3.05, 3.63) is 163 Å². The highest BCUT2D eigenvalue weighted by Gasteiger charge is 2.35. The number of nitrogens with zero attached hydrogens (tertiary/aromatic N) is 3. The lowest BCUT2D eigenvalue weighted by Gasteiger charge is -2.22. The molecule has 2 aromatic heterocycles. The van der Waals surface area contributed by atoms with E-state index in [0.717, 1.165) is 17.1 Å². The maximum Gasteiger partial charge on any atom is 0.159 e. The monoisotopic (exact) mass is 589 g/mol. The molecular weight excluding hydrogens is 558 g/mol. The van der Waals surface area contributed by atoms with E-state index in [-0.39, 0.29) is 5.41 Å². The van der Waals surface area contributed by atoms with E-state index >= 15 is 0 Å². The Balaban J connectivity index is 1.14. The first-order valence-corrected chi connectivity index (χ1v) is 15.8. The first kappa shape index (κ1) is 26.6. The van der Waals surface area contributed by atoms with Crippen LogP contribution >= 0.6 is 0 Å². The van der Waals surface area contributed by atoms with Gasteiger partial charge in [-0.05, 0) is 99.1 Å². The minimum Gasteiger partial charge on any atom is -0.309 e. The van der Waals surface area contributed by atoms with E-state index in [1.807, 2.05) is 6.07 Å². The first-order chi connectivity index (χ1) is 22.6. The van der Waals surface area contributed by atoms with Gasteiger partial charge in [-0.25, -0.2) is 9.97 Å². The van der Waals surface area contributed by atoms with E-state index in [2.05, 4.69) is 162 Å². The normalized spacial score (nSPS) is 13.2. The summed E-state index contributed by atoms with van der Waals surface area (Å²) in [5, 5.41) is 2.49. The van der Waals surface area contributed by atoms with E-state index in [1.165, 1.54) is 66.3 Å². The summed E-state index contributed by atoms with van der Waals surface area (Å²) >= 11 is 0. The van der Waals surface area contributed by atoms with Crippen LogP contribution < -0.4 is 0 Å². The van der Waals surface area contributed by atoms with E-state index in [1.54, 1.807) is 12.4 Å². The molecule has 9 rings (SSSR count). The molecular formula is C43H31N3. The van der Waals surface area contributed by atoms with Crippen LogP contribution in [0.5, 0.6) is 0 Å². The summed E-state index contributed by atoms with van der Waals surface area (Å²) in [4.78, 5) is 8.86. The van der Waals surface area contributed by atoms with Gasteiger partial charge in [-0.15, -0.1) is 0 Å². The maximum absolute atomic E-state index is 4.43. The van der Waals surface area contributed by atoms with Gasteiger partial charge in [0.25, 0.3) is 0 Å². The van der Waals surface area contributed by atoms with Crippen molar-refractivity contribution in [3.63, 3.8) is 0 Å². The van der Waals surface area contributed by atoms with Crippen molar-refractivity contribution in [3.8, 4) is 50.5 Å². The van der Waals surface area contributed by atoms with Gasteiger partial charge in [0.1, 0.15) is 0 Å². The van der Waals surface area contributed by atoms with Crippen molar-refractivity contribution in [1.82, 2.24) is 14.5 Å². The van der Waals surface area contributed by atoms with Crippen LogP contribution in [0.1, 0.15) is 25.0 Å². The Labute approximate surface area is 268 Å². The predicted molar refractivity (Wildman–Crippen MR) is 190 cm³/mol. The van der Waals surface area contributed by atoms with Gasteiger partial charge in [0, 0.05) is 39.8 Å². The number of hydrogen-bond donors (Lipinski definition) is 0. The Morgan fingerprint density at radius 2 is 1.09 bits per heavy atom. The molecule has 6 aromatic carbocycles. The standard InChI is InChI=1S/C43H31N3/c1-43(2)38-13-5-3-11-34(38)35-21-17-31(26-39(35)43)29-9-7-10-30(25-29)32-18-22-37-36-12-4-6-14-40(36)46(41(37)27-32)33-19-15-28(16-20-33)42-44-23-8-24-45-42/h3-27H,1-2H3. The molecule has 1 aliphatic carbocycles. The Morgan fingerprint density at radius 1 is 0.457 bits per heavy atom. The zero-order chi connectivity index (χ0) is 30.8. The molecule has 0 amide bonds. The van der Waals surface area contributed by atoms with Crippen LogP contribution in [0, 0.1) is 0 Å². The van der Waals surface area contributed by atoms with Gasteiger partial charge in [0.15, 0.2) is 5.82 Å². The largest absolute Gasteiger partial charge is 0.309 e. The molecule has 1 aliphatic rings. The molecule has 0 bridgehead atoms. The Bertz CT molecular complexity index is 2430. The molecule has 2 heterocycles. The fraction of sp³-hybridized carbons (Fsp3) is 0.0698. The van der Waals surface area contributed by atoms with Crippen LogP contribution in [0.25, 0.3) is 72.3 Å². The van der Waals surface area contributed by atoms with E-state index in [9.17, 15) is 0 Å². The quantitative estimate of drug-likeness (QED) is 0.204. The molecule has 0 N–H and O–H groups in total. The van der Waals surface area contributed by atoms with Crippen LogP contribution in [0.15, 0.2) is 152 Å². The lowest BCUT2D eigenvalue weighted by molar-refractivity contribution is 0.660. The summed E-state index contributed by atoms with van der Waals surface area (Å²) in [6.45, 7) is 4.68. The molecule has 0 spiro atoms. The zero-order valence-corrected chi connectivity index (χ0v) is 25.8. The number of benzene rings is 6. The molecule has 0 aliphatic heterocycles. The molecule has 0 unspecified atom stereocenters. The third kappa shape index (κ3) is 4.05. The smallest absolute Gasteiger partial charge is 0.159 e. The van der Waals surface area contributed by atoms with Crippen LogP contribution in [0.4, 0.5) is 0 Å². The highest BCUT2D eigenvalue weighted by molar-refractivity contribution is 6.10. The average molecular weight is 590 g/mol. The predicted octanol–water partition coefficient (Wildman–Crippen LogP) is 10.9. The van der Waals surface area contributed by atoms with Gasteiger partial charge < -0.3 is 4.57 Å². The lowest BCUT2D eigenvalue weighted by atomic mass is 9.81. The van der Waals surface area contributed by atoms with Crippen molar-refractivity contribution in [2.75, 3.05) is 0 Å². The molecule has 0 atom stereocenters. The van der Waals surface area contributed by atoms with Crippen molar-refractivity contribution in [1.29, 1.82) is 0 Å². The lowest BCUT2D eigenvalue weighted by Crippen LogP contribution is -2.14.